The summed E-state index contributed by atoms with van der Waals surface area (Å²) in [5, 5.41) is 19.9. The van der Waals surface area contributed by atoms with Crippen LogP contribution in [0, 0.1) is 0 Å². The lowest BCUT2D eigenvalue weighted by Gasteiger charge is -2.28. The second-order valence-corrected chi connectivity index (χ2v) is 6.35. The van der Waals surface area contributed by atoms with Crippen LogP contribution in [0.3, 0.4) is 0 Å². The number of fused-ring (bicyclic) bond motifs is 4. The molecule has 0 spiro atoms. The highest BCUT2D eigenvalue weighted by Crippen LogP contribution is 2.52. The highest BCUT2D eigenvalue weighted by atomic mass is 16.4. The molecule has 1 heterocycles. The fourth-order valence-electron chi connectivity index (χ4n) is 3.90. The van der Waals surface area contributed by atoms with E-state index in [1.165, 1.54) is 0 Å². The first kappa shape index (κ1) is 15.3. The average Bonchev–Trinajstić information content (AvgIpc) is 2.82. The minimum absolute atomic E-state index is 0.288. The molecule has 1 aliphatic carbocycles. The van der Waals surface area contributed by atoms with Crippen molar-refractivity contribution in [1.29, 1.82) is 0 Å². The summed E-state index contributed by atoms with van der Waals surface area (Å²) >= 11 is 0. The van der Waals surface area contributed by atoms with Crippen LogP contribution in [0.4, 0.5) is 0 Å². The topological polar surface area (TPSA) is 87.5 Å². The molecular formula is C20H15NO4. The van der Waals surface area contributed by atoms with E-state index in [4.69, 9.17) is 4.98 Å². The van der Waals surface area contributed by atoms with E-state index < -0.39 is 17.4 Å². The normalized spacial score (nSPS) is 14.1. The van der Waals surface area contributed by atoms with Gasteiger partial charge in [-0.1, -0.05) is 42.5 Å². The summed E-state index contributed by atoms with van der Waals surface area (Å²) in [5.74, 6) is -2.06. The molecule has 2 aromatic carbocycles. The number of aliphatic carboxylic acids is 2. The van der Waals surface area contributed by atoms with Crippen LogP contribution in [0.15, 0.2) is 54.6 Å². The number of nitrogens with zero attached hydrogens (tertiary/aromatic N) is 1. The van der Waals surface area contributed by atoms with Crippen molar-refractivity contribution in [2.24, 2.45) is 0 Å². The van der Waals surface area contributed by atoms with Crippen LogP contribution < -0.4 is 0 Å². The van der Waals surface area contributed by atoms with Crippen LogP contribution in [0.5, 0.6) is 0 Å². The number of carboxylic acid groups (broad SMARTS) is 2. The number of benzene rings is 2. The van der Waals surface area contributed by atoms with Crippen molar-refractivity contribution in [3.05, 3.63) is 65.7 Å². The van der Waals surface area contributed by atoms with Crippen molar-refractivity contribution in [3.8, 4) is 11.3 Å². The third kappa shape index (κ3) is 2.28. The van der Waals surface area contributed by atoms with Crippen LogP contribution in [-0.2, 0) is 15.0 Å². The molecule has 5 nitrogen and oxygen atoms in total. The molecule has 0 unspecified atom stereocenters. The number of rotatable bonds is 4. The maximum absolute atomic E-state index is 11.6. The minimum atomic E-state index is -1.11. The molecule has 1 aliphatic rings. The summed E-state index contributed by atoms with van der Waals surface area (Å²) in [6, 6.07) is 16.8. The van der Waals surface area contributed by atoms with E-state index in [0.29, 0.717) is 11.3 Å². The third-order valence-electron chi connectivity index (χ3n) is 4.84. The van der Waals surface area contributed by atoms with E-state index in [1.807, 2.05) is 54.6 Å². The molecule has 0 aliphatic heterocycles. The lowest BCUT2D eigenvalue weighted by atomic mass is 9.73. The zero-order valence-corrected chi connectivity index (χ0v) is 13.3. The number of para-hydroxylation sites is 1. The lowest BCUT2D eigenvalue weighted by molar-refractivity contribution is -0.140. The Morgan fingerprint density at radius 1 is 0.880 bits per heavy atom. The summed E-state index contributed by atoms with van der Waals surface area (Å²) in [7, 11) is 0. The highest BCUT2D eigenvalue weighted by molar-refractivity contribution is 5.91. The molecule has 0 atom stereocenters. The molecule has 0 saturated carbocycles. The van der Waals surface area contributed by atoms with Gasteiger partial charge in [-0.3, -0.25) is 9.59 Å². The maximum Gasteiger partial charge on any atom is 0.304 e. The Balaban J connectivity index is 2.09. The van der Waals surface area contributed by atoms with Gasteiger partial charge in [0.05, 0.1) is 24.1 Å². The van der Waals surface area contributed by atoms with Crippen molar-refractivity contribution >= 4 is 22.8 Å². The third-order valence-corrected chi connectivity index (χ3v) is 4.84. The second kappa shape index (κ2) is 5.41. The van der Waals surface area contributed by atoms with E-state index >= 15 is 0 Å². The summed E-state index contributed by atoms with van der Waals surface area (Å²) in [4.78, 5) is 27.9. The number of hydrogen-bond acceptors (Lipinski definition) is 3. The molecule has 0 radical (unpaired) electrons. The van der Waals surface area contributed by atoms with E-state index in [9.17, 15) is 19.8 Å². The number of carboxylic acids is 2. The average molecular weight is 333 g/mol. The summed E-state index contributed by atoms with van der Waals surface area (Å²) < 4.78 is 0. The predicted molar refractivity (Wildman–Crippen MR) is 92.5 cm³/mol. The highest BCUT2D eigenvalue weighted by Gasteiger charge is 2.47. The first-order valence-corrected chi connectivity index (χ1v) is 7.95. The van der Waals surface area contributed by atoms with Gasteiger partial charge < -0.3 is 10.2 Å². The lowest BCUT2D eigenvalue weighted by Crippen LogP contribution is -2.31. The van der Waals surface area contributed by atoms with Crippen LogP contribution in [0.25, 0.3) is 22.2 Å². The molecular weight excluding hydrogens is 318 g/mol. The zero-order chi connectivity index (χ0) is 17.6. The maximum atomic E-state index is 11.6. The fraction of sp³-hybridized carbons (Fsp3) is 0.150. The molecule has 4 rings (SSSR count). The quantitative estimate of drug-likeness (QED) is 0.763. The number of carbonyl (C=O) groups is 2. The summed E-state index contributed by atoms with van der Waals surface area (Å²) in [6.45, 7) is 0. The molecule has 3 aromatic rings. The molecule has 25 heavy (non-hydrogen) atoms. The predicted octanol–water partition coefficient (Wildman–Crippen LogP) is 3.45. The standard InChI is InChI=1S/C20H15NO4/c22-17(23)10-20(11-18(24)25)14-7-3-2-6-13(14)19-15(20)9-12-5-1-4-8-16(12)21-19/h1-9H,10-11H2,(H,22,23)(H,24,25). The van der Waals surface area contributed by atoms with Gasteiger partial charge >= 0.3 is 11.9 Å². The fourth-order valence-corrected chi connectivity index (χ4v) is 3.90. The van der Waals surface area contributed by atoms with Gasteiger partial charge in [0.1, 0.15) is 0 Å². The van der Waals surface area contributed by atoms with Crippen LogP contribution in [0.2, 0.25) is 0 Å². The van der Waals surface area contributed by atoms with Crippen LogP contribution >= 0.6 is 0 Å². The Hall–Kier alpha value is -3.21. The smallest absolute Gasteiger partial charge is 0.304 e. The number of hydrogen-bond donors (Lipinski definition) is 2. The van der Waals surface area contributed by atoms with Gasteiger partial charge in [-0.2, -0.15) is 0 Å². The Morgan fingerprint density at radius 2 is 1.52 bits per heavy atom. The van der Waals surface area contributed by atoms with Gasteiger partial charge in [-0.25, -0.2) is 4.98 Å². The monoisotopic (exact) mass is 333 g/mol. The van der Waals surface area contributed by atoms with Crippen molar-refractivity contribution < 1.29 is 19.8 Å². The van der Waals surface area contributed by atoms with Crippen molar-refractivity contribution in [3.63, 3.8) is 0 Å². The summed E-state index contributed by atoms with van der Waals surface area (Å²) in [6.07, 6.45) is -0.577. The zero-order valence-electron chi connectivity index (χ0n) is 13.3. The summed E-state index contributed by atoms with van der Waals surface area (Å²) in [5.41, 5.74) is 2.58. The van der Waals surface area contributed by atoms with Gasteiger partial charge in [0, 0.05) is 16.4 Å². The first-order valence-electron chi connectivity index (χ1n) is 7.95. The minimum Gasteiger partial charge on any atom is -0.481 e. The van der Waals surface area contributed by atoms with E-state index in [0.717, 1.165) is 22.0 Å². The van der Waals surface area contributed by atoms with E-state index in [-0.39, 0.29) is 12.8 Å². The van der Waals surface area contributed by atoms with Crippen molar-refractivity contribution in [1.82, 2.24) is 4.98 Å². The van der Waals surface area contributed by atoms with Gasteiger partial charge in [0.25, 0.3) is 0 Å². The van der Waals surface area contributed by atoms with Crippen LogP contribution in [0.1, 0.15) is 24.0 Å². The largest absolute Gasteiger partial charge is 0.481 e. The second-order valence-electron chi connectivity index (χ2n) is 6.35. The van der Waals surface area contributed by atoms with Gasteiger partial charge in [0.2, 0.25) is 0 Å². The van der Waals surface area contributed by atoms with Crippen LogP contribution in [-0.4, -0.2) is 27.1 Å². The molecule has 5 heteroatoms. The van der Waals surface area contributed by atoms with E-state index in [2.05, 4.69) is 0 Å². The molecule has 124 valence electrons. The molecule has 0 saturated heterocycles. The Kier molecular flexibility index (Phi) is 3.32. The SMILES string of the molecule is O=C(O)CC1(CC(=O)O)c2ccccc2-c2nc3ccccc3cc21. The van der Waals surface area contributed by atoms with Gasteiger partial charge in [-0.15, -0.1) is 0 Å². The molecule has 0 bridgehead atoms. The first-order chi connectivity index (χ1) is 12.0. The van der Waals surface area contributed by atoms with E-state index in [1.54, 1.807) is 0 Å². The molecule has 0 fully saturated rings. The Morgan fingerprint density at radius 3 is 2.24 bits per heavy atom. The Bertz CT molecular complexity index is 1010. The molecule has 2 N–H and O–H groups in total. The van der Waals surface area contributed by atoms with Crippen molar-refractivity contribution in [2.75, 3.05) is 0 Å². The number of aromatic nitrogens is 1. The number of pyridine rings is 1. The van der Waals surface area contributed by atoms with Crippen molar-refractivity contribution in [2.45, 2.75) is 18.3 Å². The Labute approximate surface area is 143 Å². The molecule has 1 aromatic heterocycles. The molecule has 0 amide bonds. The van der Waals surface area contributed by atoms with Gasteiger partial charge in [-0.05, 0) is 23.3 Å². The van der Waals surface area contributed by atoms with Gasteiger partial charge in [0.15, 0.2) is 0 Å².